The fourth-order valence-corrected chi connectivity index (χ4v) is 4.88. The lowest BCUT2D eigenvalue weighted by Gasteiger charge is -2.24. The van der Waals surface area contributed by atoms with Crippen molar-refractivity contribution in [2.45, 2.75) is 24.9 Å². The molecule has 1 N–H and O–H groups in total. The molecule has 0 spiro atoms. The Hall–Kier alpha value is -4.92. The maximum absolute atomic E-state index is 13.5. The summed E-state index contributed by atoms with van der Waals surface area (Å²) in [5.74, 6) is 0.210. The molecule has 9 heteroatoms. The number of fused-ring (bicyclic) bond motifs is 1. The lowest BCUT2D eigenvalue weighted by Crippen LogP contribution is -2.43. The van der Waals surface area contributed by atoms with Crippen molar-refractivity contribution in [3.05, 3.63) is 102 Å². The minimum atomic E-state index is -1.30. The highest BCUT2D eigenvalue weighted by Gasteiger charge is 2.50. The highest BCUT2D eigenvalue weighted by molar-refractivity contribution is 6.10. The second kappa shape index (κ2) is 9.19. The van der Waals surface area contributed by atoms with Crippen molar-refractivity contribution in [2.75, 3.05) is 6.54 Å². The topological polar surface area (TPSA) is 108 Å². The Morgan fingerprint density at radius 2 is 1.82 bits per heavy atom. The normalized spacial score (nSPS) is 21.5. The van der Waals surface area contributed by atoms with Gasteiger partial charge in [0.25, 0.3) is 11.8 Å². The van der Waals surface area contributed by atoms with E-state index in [4.69, 9.17) is 8.83 Å². The zero-order chi connectivity index (χ0) is 26.3. The summed E-state index contributed by atoms with van der Waals surface area (Å²) in [6.45, 7) is 1.20. The van der Waals surface area contributed by atoms with Crippen LogP contribution >= 0.6 is 0 Å². The summed E-state index contributed by atoms with van der Waals surface area (Å²) in [6.07, 6.45) is 7.04. The van der Waals surface area contributed by atoms with E-state index in [1.807, 2.05) is 48.5 Å². The molecule has 0 unspecified atom stereocenters. The Morgan fingerprint density at radius 3 is 2.58 bits per heavy atom. The number of nitrogens with zero attached hydrogens (tertiary/aromatic N) is 3. The molecule has 1 fully saturated rings. The van der Waals surface area contributed by atoms with Crippen LogP contribution in [-0.2, 0) is 15.1 Å². The van der Waals surface area contributed by atoms with E-state index in [0.717, 1.165) is 15.7 Å². The van der Waals surface area contributed by atoms with Crippen molar-refractivity contribution in [2.24, 2.45) is 5.10 Å². The molecule has 2 atom stereocenters. The van der Waals surface area contributed by atoms with Crippen molar-refractivity contribution < 1.29 is 23.2 Å². The van der Waals surface area contributed by atoms with Crippen LogP contribution in [-0.4, -0.2) is 40.0 Å². The molecule has 4 heterocycles. The fraction of sp³-hybridized carbons (Fsp3) is 0.172. The number of hydrazone groups is 1. The summed E-state index contributed by atoms with van der Waals surface area (Å²) >= 11 is 0. The van der Waals surface area contributed by atoms with Crippen LogP contribution in [0.25, 0.3) is 16.8 Å². The number of nitrogens with one attached hydrogen (secondary N) is 1. The van der Waals surface area contributed by atoms with Crippen LogP contribution in [0, 0.1) is 0 Å². The molecule has 0 aliphatic carbocycles. The third kappa shape index (κ3) is 4.07. The number of benzene rings is 2. The van der Waals surface area contributed by atoms with Crippen molar-refractivity contribution in [1.82, 2.24) is 15.2 Å². The van der Waals surface area contributed by atoms with Gasteiger partial charge in [0.1, 0.15) is 29.6 Å². The second-order valence-corrected chi connectivity index (χ2v) is 9.42. The molecular weight excluding hydrogens is 484 g/mol. The van der Waals surface area contributed by atoms with Crippen LogP contribution in [0.5, 0.6) is 0 Å². The average Bonchev–Trinajstić information content (AvgIpc) is 3.73. The summed E-state index contributed by atoms with van der Waals surface area (Å²) in [5, 5.41) is 10.5. The molecule has 0 bridgehead atoms. The molecule has 190 valence electrons. The predicted octanol–water partition coefficient (Wildman–Crippen LogP) is 4.84. The molecular formula is C29H24N4O5. The number of amides is 4. The first-order chi connectivity index (χ1) is 18.4. The monoisotopic (exact) mass is 508 g/mol. The van der Waals surface area contributed by atoms with E-state index in [9.17, 15) is 14.4 Å². The van der Waals surface area contributed by atoms with Gasteiger partial charge in [-0.1, -0.05) is 36.4 Å². The van der Waals surface area contributed by atoms with E-state index in [2.05, 4.69) is 10.4 Å². The van der Waals surface area contributed by atoms with Crippen LogP contribution in [0.3, 0.4) is 0 Å². The summed E-state index contributed by atoms with van der Waals surface area (Å²) in [7, 11) is 0. The first-order valence-electron chi connectivity index (χ1n) is 12.2. The van der Waals surface area contributed by atoms with Gasteiger partial charge < -0.3 is 14.2 Å². The number of allylic oxidation sites excluding steroid dienone is 1. The summed E-state index contributed by atoms with van der Waals surface area (Å²) in [6, 6.07) is 19.4. The van der Waals surface area contributed by atoms with Gasteiger partial charge in [-0.05, 0) is 65.7 Å². The van der Waals surface area contributed by atoms with Gasteiger partial charge in [-0.2, -0.15) is 5.10 Å². The van der Waals surface area contributed by atoms with Gasteiger partial charge in [0.2, 0.25) is 0 Å². The number of hydrogen-bond acceptors (Lipinski definition) is 6. The van der Waals surface area contributed by atoms with E-state index < -0.39 is 36.0 Å². The van der Waals surface area contributed by atoms with Crippen molar-refractivity contribution >= 4 is 40.4 Å². The molecule has 38 heavy (non-hydrogen) atoms. The molecule has 0 saturated carbocycles. The van der Waals surface area contributed by atoms with E-state index in [1.54, 1.807) is 43.5 Å². The summed E-state index contributed by atoms with van der Waals surface area (Å²) < 4.78 is 10.9. The third-order valence-corrected chi connectivity index (χ3v) is 6.94. The Balaban J connectivity index is 1.24. The Morgan fingerprint density at radius 1 is 1.03 bits per heavy atom. The third-order valence-electron chi connectivity index (χ3n) is 6.94. The zero-order valence-electron chi connectivity index (χ0n) is 20.5. The molecule has 9 nitrogen and oxygen atoms in total. The number of rotatable bonds is 6. The van der Waals surface area contributed by atoms with Gasteiger partial charge in [-0.25, -0.2) is 9.80 Å². The van der Waals surface area contributed by atoms with Crippen LogP contribution in [0.1, 0.15) is 36.5 Å². The Labute approximate surface area is 218 Å². The van der Waals surface area contributed by atoms with Gasteiger partial charge in [0.05, 0.1) is 18.2 Å². The average molecular weight is 509 g/mol. The quantitative estimate of drug-likeness (QED) is 0.375. The van der Waals surface area contributed by atoms with Gasteiger partial charge in [0, 0.05) is 6.42 Å². The number of hydrogen-bond donors (Lipinski definition) is 1. The number of carbonyl (C=O) groups is 3. The largest absolute Gasteiger partial charge is 0.467 e. The molecule has 6 rings (SSSR count). The van der Waals surface area contributed by atoms with Crippen molar-refractivity contribution in [3.63, 3.8) is 0 Å². The molecule has 2 aliphatic rings. The lowest BCUT2D eigenvalue weighted by molar-refractivity contribution is -0.140. The summed E-state index contributed by atoms with van der Waals surface area (Å²) in [5.41, 5.74) is -0.0237. The van der Waals surface area contributed by atoms with E-state index in [0.29, 0.717) is 29.2 Å². The maximum atomic E-state index is 13.5. The van der Waals surface area contributed by atoms with E-state index >= 15 is 0 Å². The summed E-state index contributed by atoms with van der Waals surface area (Å²) in [4.78, 5) is 40.9. The van der Waals surface area contributed by atoms with Crippen LogP contribution in [0.4, 0.5) is 4.79 Å². The Bertz CT molecular complexity index is 1590. The molecule has 2 aromatic heterocycles. The van der Waals surface area contributed by atoms with Gasteiger partial charge >= 0.3 is 6.03 Å². The van der Waals surface area contributed by atoms with Gasteiger partial charge in [0.15, 0.2) is 0 Å². The predicted molar refractivity (Wildman–Crippen MR) is 140 cm³/mol. The molecule has 4 aromatic rings. The minimum Gasteiger partial charge on any atom is -0.467 e. The molecule has 2 aromatic carbocycles. The highest BCUT2D eigenvalue weighted by Crippen LogP contribution is 2.34. The van der Waals surface area contributed by atoms with Crippen molar-refractivity contribution in [3.8, 4) is 0 Å². The molecule has 1 saturated heterocycles. The van der Waals surface area contributed by atoms with Crippen molar-refractivity contribution in [1.29, 1.82) is 0 Å². The van der Waals surface area contributed by atoms with Crippen LogP contribution in [0.15, 0.2) is 99.3 Å². The van der Waals surface area contributed by atoms with E-state index in [1.165, 1.54) is 11.3 Å². The first kappa shape index (κ1) is 23.5. The van der Waals surface area contributed by atoms with Crippen LogP contribution in [0.2, 0.25) is 0 Å². The number of carbonyl (C=O) groups excluding carboxylic acids is 3. The highest BCUT2D eigenvalue weighted by atomic mass is 16.3. The lowest BCUT2D eigenvalue weighted by atomic mass is 9.90. The number of imide groups is 1. The van der Waals surface area contributed by atoms with Gasteiger partial charge in [-0.15, -0.1) is 0 Å². The van der Waals surface area contributed by atoms with Gasteiger partial charge in [-0.3, -0.25) is 14.5 Å². The second-order valence-electron chi connectivity index (χ2n) is 9.42. The van der Waals surface area contributed by atoms with E-state index in [-0.39, 0.29) is 0 Å². The zero-order valence-corrected chi connectivity index (χ0v) is 20.5. The SMILES string of the molecule is C[C@]1(c2ccc3ccccc3c2)NC(=O)N(CC(=O)N2N=C(/C=C/c3ccco3)C[C@H]2c2ccco2)C1=O. The maximum Gasteiger partial charge on any atom is 0.325 e. The first-order valence-corrected chi connectivity index (χ1v) is 12.2. The molecule has 2 aliphatic heterocycles. The fourth-order valence-electron chi connectivity index (χ4n) is 4.88. The smallest absolute Gasteiger partial charge is 0.325 e. The molecule has 0 radical (unpaired) electrons. The number of furan rings is 2. The number of urea groups is 1. The standard InChI is InChI=1S/C29H24N4O5/c1-29(21-11-10-19-6-2-3-7-20(19)16-21)27(35)32(28(36)30-29)18-26(34)33-24(25-9-5-15-38-25)17-22(31-33)12-13-23-8-4-14-37-23/h2-16,24H,17-18H2,1H3,(H,30,36)/b13-12+/t24-,29+/m0/s1. The van der Waals surface area contributed by atoms with Crippen LogP contribution < -0.4 is 5.32 Å². The Kier molecular flexibility index (Phi) is 5.68. The molecule has 4 amide bonds. The minimum absolute atomic E-state index is 0.408.